The Hall–Kier alpha value is -1.59. The van der Waals surface area contributed by atoms with Gasteiger partial charge in [-0.2, -0.15) is 0 Å². The zero-order chi connectivity index (χ0) is 15.4. The molecule has 0 saturated heterocycles. The highest BCUT2D eigenvalue weighted by Crippen LogP contribution is 2.14. The maximum absolute atomic E-state index is 11.7. The molecule has 2 rings (SSSR count). The molecule has 2 aromatic heterocycles. The average Bonchev–Trinajstić information content (AvgIpc) is 2.79. The number of esters is 1. The van der Waals surface area contributed by atoms with E-state index in [2.05, 4.69) is 4.98 Å². The van der Waals surface area contributed by atoms with Gasteiger partial charge in [0.25, 0.3) is 0 Å². The van der Waals surface area contributed by atoms with Gasteiger partial charge >= 0.3 is 5.97 Å². The summed E-state index contributed by atoms with van der Waals surface area (Å²) in [5.41, 5.74) is 1.74. The number of fused-ring (bicyclic) bond motifs is 1. The van der Waals surface area contributed by atoms with E-state index in [0.29, 0.717) is 18.2 Å². The van der Waals surface area contributed by atoms with Gasteiger partial charge in [0.2, 0.25) is 0 Å². The smallest absolute Gasteiger partial charge is 0.320 e. The van der Waals surface area contributed by atoms with Gasteiger partial charge in [-0.25, -0.2) is 4.98 Å². The predicted molar refractivity (Wildman–Crippen MR) is 82.4 cm³/mol. The summed E-state index contributed by atoms with van der Waals surface area (Å²) in [5.74, 6) is -0.210. The van der Waals surface area contributed by atoms with Crippen molar-refractivity contribution in [1.82, 2.24) is 14.3 Å². The molecule has 0 saturated carbocycles. The number of aromatic nitrogens is 2. The topological polar surface area (TPSA) is 46.8 Å². The number of halogens is 1. The molecule has 0 aromatic carbocycles. The summed E-state index contributed by atoms with van der Waals surface area (Å²) in [6, 6.07) is 3.91. The number of hydrogen-bond donors (Lipinski definition) is 0. The molecule has 0 N–H and O–H groups in total. The van der Waals surface area contributed by atoms with Crippen LogP contribution in [-0.2, 0) is 16.1 Å². The zero-order valence-corrected chi connectivity index (χ0v) is 13.3. The Morgan fingerprint density at radius 2 is 2.19 bits per heavy atom. The molecule has 0 aliphatic rings. The third-order valence-corrected chi connectivity index (χ3v) is 3.42. The van der Waals surface area contributed by atoms with Crippen LogP contribution in [0.4, 0.5) is 0 Å². The summed E-state index contributed by atoms with van der Waals surface area (Å²) in [6.07, 6.45) is 3.75. The molecule has 0 unspecified atom stereocenters. The van der Waals surface area contributed by atoms with Crippen LogP contribution in [-0.4, -0.2) is 39.4 Å². The van der Waals surface area contributed by atoms with Crippen LogP contribution in [0.25, 0.3) is 5.65 Å². The van der Waals surface area contributed by atoms with Gasteiger partial charge in [-0.05, 0) is 32.9 Å². The molecule has 21 heavy (non-hydrogen) atoms. The van der Waals surface area contributed by atoms with Crippen molar-refractivity contribution in [1.29, 1.82) is 0 Å². The van der Waals surface area contributed by atoms with Crippen molar-refractivity contribution >= 4 is 23.2 Å². The van der Waals surface area contributed by atoms with Gasteiger partial charge in [0.05, 0.1) is 23.9 Å². The third kappa shape index (κ3) is 4.19. The number of nitrogens with zero attached hydrogens (tertiary/aromatic N) is 3. The van der Waals surface area contributed by atoms with E-state index in [9.17, 15) is 4.79 Å². The molecule has 0 atom stereocenters. The summed E-state index contributed by atoms with van der Waals surface area (Å²) in [6.45, 7) is 7.16. The number of carbonyl (C=O) groups is 1. The second kappa shape index (κ2) is 6.91. The third-order valence-electron chi connectivity index (χ3n) is 3.20. The van der Waals surface area contributed by atoms with Crippen LogP contribution in [0.5, 0.6) is 0 Å². The fourth-order valence-corrected chi connectivity index (χ4v) is 2.26. The second-order valence-electron chi connectivity index (χ2n) is 5.15. The van der Waals surface area contributed by atoms with Crippen molar-refractivity contribution in [2.24, 2.45) is 0 Å². The van der Waals surface area contributed by atoms with E-state index in [0.717, 1.165) is 11.3 Å². The predicted octanol–water partition coefficient (Wildman–Crippen LogP) is 2.76. The van der Waals surface area contributed by atoms with E-state index in [1.807, 2.05) is 54.6 Å². The van der Waals surface area contributed by atoms with Crippen molar-refractivity contribution < 1.29 is 9.53 Å². The molecule has 0 fully saturated rings. The molecule has 5 nitrogen and oxygen atoms in total. The minimum Gasteiger partial charge on any atom is -0.465 e. The molecule has 0 radical (unpaired) electrons. The summed E-state index contributed by atoms with van der Waals surface area (Å²) in [4.78, 5) is 18.2. The lowest BCUT2D eigenvalue weighted by Crippen LogP contribution is -2.36. The monoisotopic (exact) mass is 309 g/mol. The normalized spacial score (nSPS) is 11.5. The van der Waals surface area contributed by atoms with E-state index in [4.69, 9.17) is 16.3 Å². The molecule has 6 heteroatoms. The lowest BCUT2D eigenvalue weighted by molar-refractivity contribution is -0.145. The minimum atomic E-state index is -0.210. The van der Waals surface area contributed by atoms with Gasteiger partial charge in [-0.15, -0.1) is 0 Å². The number of carbonyl (C=O) groups excluding carboxylic acids is 1. The molecule has 0 spiro atoms. The number of rotatable bonds is 6. The molecule has 0 aliphatic heterocycles. The van der Waals surface area contributed by atoms with E-state index >= 15 is 0 Å². The van der Waals surface area contributed by atoms with Crippen molar-refractivity contribution in [2.75, 3.05) is 13.2 Å². The maximum Gasteiger partial charge on any atom is 0.320 e. The van der Waals surface area contributed by atoms with Crippen LogP contribution in [0.2, 0.25) is 5.02 Å². The number of pyridine rings is 1. The SMILES string of the molecule is CCOC(=O)CN(Cc1cn2cc(Cl)ccc2n1)C(C)C. The van der Waals surface area contributed by atoms with Gasteiger partial charge in [-0.3, -0.25) is 9.69 Å². The fourth-order valence-electron chi connectivity index (χ4n) is 2.09. The largest absolute Gasteiger partial charge is 0.465 e. The summed E-state index contributed by atoms with van der Waals surface area (Å²) < 4.78 is 6.90. The number of ether oxygens (including phenoxy) is 1. The van der Waals surface area contributed by atoms with E-state index in [1.54, 1.807) is 0 Å². The molecular weight excluding hydrogens is 290 g/mol. The Kier molecular flexibility index (Phi) is 5.20. The van der Waals surface area contributed by atoms with Gasteiger partial charge in [0, 0.05) is 25.0 Å². The lowest BCUT2D eigenvalue weighted by atomic mass is 10.3. The molecule has 0 bridgehead atoms. The highest BCUT2D eigenvalue weighted by Gasteiger charge is 2.16. The Morgan fingerprint density at radius 3 is 2.86 bits per heavy atom. The van der Waals surface area contributed by atoms with Crippen LogP contribution in [0, 0.1) is 0 Å². The first kappa shape index (κ1) is 15.8. The van der Waals surface area contributed by atoms with Crippen molar-refractivity contribution in [2.45, 2.75) is 33.4 Å². The summed E-state index contributed by atoms with van der Waals surface area (Å²) >= 11 is 5.97. The van der Waals surface area contributed by atoms with Gasteiger partial charge in [0.1, 0.15) is 5.65 Å². The summed E-state index contributed by atoms with van der Waals surface area (Å²) in [7, 11) is 0. The second-order valence-corrected chi connectivity index (χ2v) is 5.59. The van der Waals surface area contributed by atoms with Crippen LogP contribution < -0.4 is 0 Å². The molecule has 2 aromatic rings. The lowest BCUT2D eigenvalue weighted by Gasteiger charge is -2.24. The van der Waals surface area contributed by atoms with Gasteiger partial charge in [0.15, 0.2) is 0 Å². The van der Waals surface area contributed by atoms with Crippen molar-refractivity contribution in [3.8, 4) is 0 Å². The van der Waals surface area contributed by atoms with Crippen LogP contribution in [0.3, 0.4) is 0 Å². The quantitative estimate of drug-likeness (QED) is 0.770. The standard InChI is InChI=1S/C15H20ClN3O2/c1-4-21-15(20)10-18(11(2)3)8-13-9-19-7-12(16)5-6-14(19)17-13/h5-7,9,11H,4,8,10H2,1-3H3. The molecule has 0 amide bonds. The van der Waals surface area contributed by atoms with Gasteiger partial charge in [-0.1, -0.05) is 11.6 Å². The first-order chi connectivity index (χ1) is 9.99. The van der Waals surface area contributed by atoms with E-state index in [1.165, 1.54) is 0 Å². The molecule has 0 aliphatic carbocycles. The fraction of sp³-hybridized carbons (Fsp3) is 0.467. The average molecular weight is 310 g/mol. The van der Waals surface area contributed by atoms with Crippen LogP contribution >= 0.6 is 11.6 Å². The Labute approximate surface area is 129 Å². The highest BCUT2D eigenvalue weighted by atomic mass is 35.5. The Bertz CT molecular complexity index is 624. The number of imidazole rings is 1. The van der Waals surface area contributed by atoms with Gasteiger partial charge < -0.3 is 9.14 Å². The first-order valence-electron chi connectivity index (χ1n) is 7.02. The molecule has 114 valence electrons. The highest BCUT2D eigenvalue weighted by molar-refractivity contribution is 6.30. The van der Waals surface area contributed by atoms with Crippen LogP contribution in [0.15, 0.2) is 24.5 Å². The van der Waals surface area contributed by atoms with Crippen LogP contribution in [0.1, 0.15) is 26.5 Å². The molecule has 2 heterocycles. The maximum atomic E-state index is 11.7. The number of hydrogen-bond acceptors (Lipinski definition) is 4. The zero-order valence-electron chi connectivity index (χ0n) is 12.5. The first-order valence-corrected chi connectivity index (χ1v) is 7.40. The van der Waals surface area contributed by atoms with Crippen molar-refractivity contribution in [3.05, 3.63) is 35.2 Å². The van der Waals surface area contributed by atoms with E-state index < -0.39 is 0 Å². The van der Waals surface area contributed by atoms with E-state index in [-0.39, 0.29) is 18.6 Å². The van der Waals surface area contributed by atoms with Crippen molar-refractivity contribution in [3.63, 3.8) is 0 Å². The Morgan fingerprint density at radius 1 is 1.43 bits per heavy atom. The molecular formula is C15H20ClN3O2. The Balaban J connectivity index is 2.12. The minimum absolute atomic E-state index is 0.210. The summed E-state index contributed by atoms with van der Waals surface area (Å²) in [5, 5.41) is 0.665.